The van der Waals surface area contributed by atoms with Crippen molar-refractivity contribution in [3.8, 4) is 11.8 Å². The molecule has 1 nitrogen and oxygen atoms in total. The van der Waals surface area contributed by atoms with Gasteiger partial charge in [-0.05, 0) is 32.1 Å². The highest BCUT2D eigenvalue weighted by Gasteiger charge is 2.20. The van der Waals surface area contributed by atoms with Crippen LogP contribution in [0.4, 0.5) is 0 Å². The molecule has 0 aromatic rings. The van der Waals surface area contributed by atoms with Crippen LogP contribution in [0.3, 0.4) is 0 Å². The van der Waals surface area contributed by atoms with Crippen molar-refractivity contribution in [1.82, 2.24) is 0 Å². The van der Waals surface area contributed by atoms with Crippen LogP contribution in [0.1, 0.15) is 45.4 Å². The number of rotatable bonds is 2. The van der Waals surface area contributed by atoms with E-state index in [1.807, 2.05) is 6.92 Å². The molecule has 12 heavy (non-hydrogen) atoms. The molecule has 1 heteroatoms. The Morgan fingerprint density at radius 3 is 2.75 bits per heavy atom. The molecule has 2 atom stereocenters. The number of hydrogen-bond acceptors (Lipinski definition) is 1. The number of hydrogen-bond donors (Lipinski definition) is 1. The summed E-state index contributed by atoms with van der Waals surface area (Å²) < 4.78 is 0. The van der Waals surface area contributed by atoms with Crippen LogP contribution in [0.15, 0.2) is 0 Å². The Morgan fingerprint density at radius 2 is 2.08 bits per heavy atom. The lowest BCUT2D eigenvalue weighted by Gasteiger charge is -2.27. The molecule has 0 radical (unpaired) electrons. The predicted molar refractivity (Wildman–Crippen MR) is 52.6 cm³/mol. The Labute approximate surface area is 75.7 Å². The third kappa shape index (κ3) is 2.87. The van der Waals surface area contributed by atoms with E-state index in [2.05, 4.69) is 11.8 Å². The van der Waals surface area contributed by atoms with Gasteiger partial charge in [-0.25, -0.2) is 0 Å². The average Bonchev–Trinajstić information content (AvgIpc) is 2.09. The van der Waals surface area contributed by atoms with Gasteiger partial charge in [0.2, 0.25) is 0 Å². The van der Waals surface area contributed by atoms with Gasteiger partial charge in [0.25, 0.3) is 0 Å². The molecule has 2 unspecified atom stereocenters. The van der Waals surface area contributed by atoms with Gasteiger partial charge in [-0.15, -0.1) is 11.8 Å². The molecule has 2 N–H and O–H groups in total. The maximum absolute atomic E-state index is 6.01. The van der Waals surface area contributed by atoms with Gasteiger partial charge in [-0.2, -0.15) is 0 Å². The van der Waals surface area contributed by atoms with Crippen molar-refractivity contribution in [2.24, 2.45) is 11.7 Å². The highest BCUT2D eigenvalue weighted by atomic mass is 14.7. The molecule has 0 aliphatic heterocycles. The standard InChI is InChI=1S/C11H19N/c1-2-3-4-7-10-8-5-6-9-11(10)12/h10-11H,4-9,12H2,1H3. The summed E-state index contributed by atoms with van der Waals surface area (Å²) in [5.74, 6) is 6.79. The summed E-state index contributed by atoms with van der Waals surface area (Å²) in [4.78, 5) is 0. The lowest BCUT2D eigenvalue weighted by atomic mass is 9.82. The van der Waals surface area contributed by atoms with Crippen LogP contribution in [-0.4, -0.2) is 6.04 Å². The fraction of sp³-hybridized carbons (Fsp3) is 0.818. The average molecular weight is 165 g/mol. The highest BCUT2D eigenvalue weighted by molar-refractivity contribution is 4.95. The maximum atomic E-state index is 6.01. The largest absolute Gasteiger partial charge is 0.327 e. The normalized spacial score (nSPS) is 29.2. The lowest BCUT2D eigenvalue weighted by Crippen LogP contribution is -2.32. The predicted octanol–water partition coefficient (Wildman–Crippen LogP) is 2.31. The van der Waals surface area contributed by atoms with Gasteiger partial charge >= 0.3 is 0 Å². The minimum absolute atomic E-state index is 0.456. The molecule has 1 rings (SSSR count). The zero-order valence-electron chi connectivity index (χ0n) is 7.97. The molecule has 1 aliphatic rings. The SMILES string of the molecule is CC#CCCC1CCCCC1N. The molecular weight excluding hydrogens is 146 g/mol. The molecule has 0 spiro atoms. The van der Waals surface area contributed by atoms with Crippen LogP contribution in [0.5, 0.6) is 0 Å². The third-order valence-electron chi connectivity index (χ3n) is 2.78. The van der Waals surface area contributed by atoms with Gasteiger partial charge in [0, 0.05) is 12.5 Å². The molecule has 0 saturated heterocycles. The van der Waals surface area contributed by atoms with E-state index in [-0.39, 0.29) is 0 Å². The summed E-state index contributed by atoms with van der Waals surface area (Å²) >= 11 is 0. The number of nitrogens with two attached hydrogens (primary N) is 1. The molecule has 0 aromatic heterocycles. The van der Waals surface area contributed by atoms with E-state index in [0.29, 0.717) is 6.04 Å². The fourth-order valence-corrected chi connectivity index (χ4v) is 1.98. The van der Waals surface area contributed by atoms with Crippen LogP contribution in [-0.2, 0) is 0 Å². The first-order valence-electron chi connectivity index (χ1n) is 4.99. The molecule has 1 fully saturated rings. The molecule has 0 bridgehead atoms. The van der Waals surface area contributed by atoms with Crippen molar-refractivity contribution < 1.29 is 0 Å². The lowest BCUT2D eigenvalue weighted by molar-refractivity contribution is 0.294. The van der Waals surface area contributed by atoms with E-state index >= 15 is 0 Å². The van der Waals surface area contributed by atoms with Crippen LogP contribution in [0, 0.1) is 17.8 Å². The van der Waals surface area contributed by atoms with E-state index in [4.69, 9.17) is 5.73 Å². The van der Waals surface area contributed by atoms with Gasteiger partial charge in [0.1, 0.15) is 0 Å². The van der Waals surface area contributed by atoms with E-state index in [1.165, 1.54) is 32.1 Å². The molecule has 0 amide bonds. The molecule has 1 aliphatic carbocycles. The van der Waals surface area contributed by atoms with E-state index in [1.54, 1.807) is 0 Å². The molecule has 0 heterocycles. The Balaban J connectivity index is 2.23. The molecule has 0 aromatic carbocycles. The second kappa shape index (κ2) is 5.22. The topological polar surface area (TPSA) is 26.0 Å². The maximum Gasteiger partial charge on any atom is 0.00917 e. The minimum atomic E-state index is 0.456. The van der Waals surface area contributed by atoms with Crippen molar-refractivity contribution >= 4 is 0 Å². The fourth-order valence-electron chi connectivity index (χ4n) is 1.98. The van der Waals surface area contributed by atoms with Gasteiger partial charge in [-0.1, -0.05) is 12.8 Å². The first kappa shape index (κ1) is 9.61. The van der Waals surface area contributed by atoms with Crippen LogP contribution < -0.4 is 5.73 Å². The van der Waals surface area contributed by atoms with Gasteiger partial charge < -0.3 is 5.73 Å². The zero-order chi connectivity index (χ0) is 8.81. The van der Waals surface area contributed by atoms with Crippen LogP contribution >= 0.6 is 0 Å². The Kier molecular flexibility index (Phi) is 4.18. The van der Waals surface area contributed by atoms with E-state index < -0.39 is 0 Å². The first-order chi connectivity index (χ1) is 5.84. The second-order valence-electron chi connectivity index (χ2n) is 3.67. The van der Waals surface area contributed by atoms with Crippen molar-refractivity contribution in [3.05, 3.63) is 0 Å². The second-order valence-corrected chi connectivity index (χ2v) is 3.67. The summed E-state index contributed by atoms with van der Waals surface area (Å²) in [6.07, 6.45) is 7.50. The van der Waals surface area contributed by atoms with Crippen molar-refractivity contribution in [1.29, 1.82) is 0 Å². The summed E-state index contributed by atoms with van der Waals surface area (Å²) in [7, 11) is 0. The van der Waals surface area contributed by atoms with Crippen molar-refractivity contribution in [2.45, 2.75) is 51.5 Å². The van der Waals surface area contributed by atoms with Crippen molar-refractivity contribution in [3.63, 3.8) is 0 Å². The van der Waals surface area contributed by atoms with E-state index in [0.717, 1.165) is 12.3 Å². The minimum Gasteiger partial charge on any atom is -0.327 e. The Bertz CT molecular complexity index is 175. The molecule has 1 saturated carbocycles. The summed E-state index contributed by atoms with van der Waals surface area (Å²) in [6, 6.07) is 0.456. The summed E-state index contributed by atoms with van der Waals surface area (Å²) in [5.41, 5.74) is 6.01. The highest BCUT2D eigenvalue weighted by Crippen LogP contribution is 2.26. The van der Waals surface area contributed by atoms with Gasteiger partial charge in [-0.3, -0.25) is 0 Å². The van der Waals surface area contributed by atoms with E-state index in [9.17, 15) is 0 Å². The van der Waals surface area contributed by atoms with Crippen LogP contribution in [0.25, 0.3) is 0 Å². The van der Waals surface area contributed by atoms with Crippen LogP contribution in [0.2, 0.25) is 0 Å². The smallest absolute Gasteiger partial charge is 0.00917 e. The Hall–Kier alpha value is -0.480. The molecule has 68 valence electrons. The zero-order valence-corrected chi connectivity index (χ0v) is 7.97. The first-order valence-corrected chi connectivity index (χ1v) is 4.99. The quantitative estimate of drug-likeness (QED) is 0.624. The van der Waals surface area contributed by atoms with Gasteiger partial charge in [0.15, 0.2) is 0 Å². The Morgan fingerprint density at radius 1 is 1.33 bits per heavy atom. The molecular formula is C11H19N. The summed E-state index contributed by atoms with van der Waals surface area (Å²) in [5, 5.41) is 0. The third-order valence-corrected chi connectivity index (χ3v) is 2.78. The van der Waals surface area contributed by atoms with Crippen molar-refractivity contribution in [2.75, 3.05) is 0 Å². The monoisotopic (exact) mass is 165 g/mol. The van der Waals surface area contributed by atoms with Gasteiger partial charge in [0.05, 0.1) is 0 Å². The summed E-state index contributed by atoms with van der Waals surface area (Å²) in [6.45, 7) is 1.90.